The molecule has 3 saturated heterocycles. The molecule has 0 bridgehead atoms. The van der Waals surface area contributed by atoms with Crippen molar-refractivity contribution < 1.29 is 14.4 Å². The Kier molecular flexibility index (Phi) is 10.1. The fourth-order valence-electron chi connectivity index (χ4n) is 9.92. The van der Waals surface area contributed by atoms with Crippen molar-refractivity contribution in [2.75, 3.05) is 39.3 Å². The van der Waals surface area contributed by atoms with Crippen molar-refractivity contribution in [1.29, 1.82) is 0 Å². The predicted molar refractivity (Wildman–Crippen MR) is 206 cm³/mol. The Bertz CT molecular complexity index is 1850. The molecule has 0 spiro atoms. The SMILES string of the molecule is CC1=C(C2CCN(C3CCN(C(=O)[C@H](CC(=O)N4CCC(C5=Cc6ccccc6CC5=O)CC4)Cc4cc(C)c5c(c4)C=NC5)CC3)CC2)CC=N1. The van der Waals surface area contributed by atoms with E-state index in [-0.39, 0.29) is 29.9 Å². The normalized spacial score (nSPS) is 22.2. The first kappa shape index (κ1) is 34.9. The van der Waals surface area contributed by atoms with Gasteiger partial charge in [-0.05, 0) is 140 Å². The van der Waals surface area contributed by atoms with Crippen LogP contribution in [0.4, 0.5) is 0 Å². The average molecular weight is 700 g/mol. The van der Waals surface area contributed by atoms with Gasteiger partial charge in [0.05, 0.1) is 12.5 Å². The Morgan fingerprint density at radius 3 is 2.35 bits per heavy atom. The largest absolute Gasteiger partial charge is 0.343 e. The maximum atomic E-state index is 14.4. The van der Waals surface area contributed by atoms with Gasteiger partial charge in [0.1, 0.15) is 0 Å². The Morgan fingerprint density at radius 1 is 0.865 bits per heavy atom. The zero-order chi connectivity index (χ0) is 35.8. The highest BCUT2D eigenvalue weighted by molar-refractivity contribution is 6.04. The highest BCUT2D eigenvalue weighted by Crippen LogP contribution is 2.35. The van der Waals surface area contributed by atoms with Gasteiger partial charge < -0.3 is 14.7 Å². The van der Waals surface area contributed by atoms with Crippen molar-refractivity contribution in [1.82, 2.24) is 14.7 Å². The maximum Gasteiger partial charge on any atom is 0.226 e. The van der Waals surface area contributed by atoms with E-state index in [0.717, 1.165) is 86.1 Å². The summed E-state index contributed by atoms with van der Waals surface area (Å²) in [5.41, 5.74) is 10.6. The van der Waals surface area contributed by atoms with Crippen LogP contribution in [0.3, 0.4) is 0 Å². The summed E-state index contributed by atoms with van der Waals surface area (Å²) in [6.45, 7) is 9.97. The van der Waals surface area contributed by atoms with E-state index in [4.69, 9.17) is 0 Å². The lowest BCUT2D eigenvalue weighted by molar-refractivity contribution is -0.143. The molecule has 5 heterocycles. The van der Waals surface area contributed by atoms with Gasteiger partial charge in [-0.1, -0.05) is 30.3 Å². The Hall–Kier alpha value is -4.17. The van der Waals surface area contributed by atoms with Gasteiger partial charge in [0.25, 0.3) is 0 Å². The summed E-state index contributed by atoms with van der Waals surface area (Å²) in [4.78, 5) is 57.1. The number of fused-ring (bicyclic) bond motifs is 2. The molecule has 2 aromatic rings. The summed E-state index contributed by atoms with van der Waals surface area (Å²) in [7, 11) is 0. The standard InChI is InChI=1S/C44H53N5O3/c1-29-21-31(23-37-27-45-28-41(29)37)22-36(26-43(51)48-17-10-33(11-18-48)40-24-34-5-3-4-6-35(34)25-42(40)50)44(52)49-19-12-38(13-20-49)47-15-8-32(9-16-47)39-7-14-46-30(39)2/h3-6,14,21,23-24,27,32-33,36,38H,7-13,15-20,22,25-26,28H2,1-2H3/t36-/m0/s1. The number of hydrogen-bond donors (Lipinski definition) is 0. The number of nitrogens with zero attached hydrogens (tertiary/aromatic N) is 5. The molecule has 8 rings (SSSR count). The Morgan fingerprint density at radius 2 is 1.60 bits per heavy atom. The van der Waals surface area contributed by atoms with E-state index in [1.807, 2.05) is 29.3 Å². The van der Waals surface area contributed by atoms with E-state index < -0.39 is 5.92 Å². The Labute approximate surface area is 308 Å². The number of allylic oxidation sites excluding steroid dienone is 3. The number of piperidine rings is 3. The van der Waals surface area contributed by atoms with Crippen molar-refractivity contribution in [3.05, 3.63) is 86.6 Å². The number of amides is 2. The summed E-state index contributed by atoms with van der Waals surface area (Å²) in [6, 6.07) is 13.0. The molecule has 8 heteroatoms. The van der Waals surface area contributed by atoms with Gasteiger partial charge in [0.2, 0.25) is 11.8 Å². The molecule has 272 valence electrons. The van der Waals surface area contributed by atoms with E-state index in [2.05, 4.69) is 64.1 Å². The molecule has 2 aromatic carbocycles. The lowest BCUT2D eigenvalue weighted by Crippen LogP contribution is -2.50. The molecule has 3 fully saturated rings. The van der Waals surface area contributed by atoms with Gasteiger partial charge in [0.15, 0.2) is 5.78 Å². The molecule has 0 N–H and O–H groups in total. The molecule has 0 aromatic heterocycles. The van der Waals surface area contributed by atoms with Crippen LogP contribution in [-0.2, 0) is 33.8 Å². The number of benzene rings is 2. The number of aryl methyl sites for hydroxylation is 1. The first-order chi connectivity index (χ1) is 25.3. The molecule has 1 atom stereocenters. The topological polar surface area (TPSA) is 85.7 Å². The molecule has 0 radical (unpaired) electrons. The second kappa shape index (κ2) is 15.1. The minimum Gasteiger partial charge on any atom is -0.343 e. The van der Waals surface area contributed by atoms with Gasteiger partial charge in [-0.2, -0.15) is 0 Å². The van der Waals surface area contributed by atoms with Crippen LogP contribution in [0.1, 0.15) is 91.7 Å². The molecule has 5 aliphatic heterocycles. The average Bonchev–Trinajstić information content (AvgIpc) is 3.83. The number of rotatable bonds is 8. The molecule has 0 unspecified atom stereocenters. The molecular weight excluding hydrogens is 647 g/mol. The zero-order valence-corrected chi connectivity index (χ0v) is 31.0. The summed E-state index contributed by atoms with van der Waals surface area (Å²) in [5, 5.41) is 0. The number of carbonyl (C=O) groups excluding carboxylic acids is 3. The van der Waals surface area contributed by atoms with Crippen LogP contribution in [0, 0.1) is 24.7 Å². The van der Waals surface area contributed by atoms with E-state index in [9.17, 15) is 14.4 Å². The van der Waals surface area contributed by atoms with E-state index in [1.54, 1.807) is 5.57 Å². The van der Waals surface area contributed by atoms with Crippen LogP contribution in [0.15, 0.2) is 63.2 Å². The van der Waals surface area contributed by atoms with E-state index >= 15 is 0 Å². The lowest BCUT2D eigenvalue weighted by atomic mass is 9.80. The summed E-state index contributed by atoms with van der Waals surface area (Å²) >= 11 is 0. The van der Waals surface area contributed by atoms with Crippen LogP contribution < -0.4 is 0 Å². The molecule has 52 heavy (non-hydrogen) atoms. The quantitative estimate of drug-likeness (QED) is 0.321. The van der Waals surface area contributed by atoms with Gasteiger partial charge >= 0.3 is 0 Å². The molecule has 0 saturated carbocycles. The fourth-order valence-corrected chi connectivity index (χ4v) is 9.92. The van der Waals surface area contributed by atoms with Crippen LogP contribution >= 0.6 is 0 Å². The third-order valence-corrected chi connectivity index (χ3v) is 13.0. The number of ketones is 1. The summed E-state index contributed by atoms with van der Waals surface area (Å²) in [5.74, 6) is 0.807. The molecule has 1 aliphatic carbocycles. The van der Waals surface area contributed by atoms with Crippen LogP contribution in [0.5, 0.6) is 0 Å². The van der Waals surface area contributed by atoms with Crippen molar-refractivity contribution in [3.8, 4) is 0 Å². The molecule has 6 aliphatic rings. The smallest absolute Gasteiger partial charge is 0.226 e. The minimum atomic E-state index is -0.405. The lowest BCUT2D eigenvalue weighted by Gasteiger charge is -2.42. The van der Waals surface area contributed by atoms with Crippen molar-refractivity contribution in [2.24, 2.45) is 27.7 Å². The summed E-state index contributed by atoms with van der Waals surface area (Å²) in [6.07, 6.45) is 14.3. The number of aliphatic imine (C=N–C) groups is 2. The first-order valence-corrected chi connectivity index (χ1v) is 19.8. The van der Waals surface area contributed by atoms with E-state index in [1.165, 1.54) is 29.7 Å². The highest BCUT2D eigenvalue weighted by Gasteiger charge is 2.36. The van der Waals surface area contributed by atoms with Crippen molar-refractivity contribution in [2.45, 2.75) is 90.6 Å². The van der Waals surface area contributed by atoms with Crippen LogP contribution in [0.2, 0.25) is 0 Å². The third kappa shape index (κ3) is 7.23. The van der Waals surface area contributed by atoms with Gasteiger partial charge in [-0.3, -0.25) is 24.4 Å². The maximum absolute atomic E-state index is 14.4. The van der Waals surface area contributed by atoms with Crippen molar-refractivity contribution >= 4 is 36.1 Å². The number of carbonyl (C=O) groups is 3. The molecular formula is C44H53N5O3. The summed E-state index contributed by atoms with van der Waals surface area (Å²) < 4.78 is 0. The number of hydrogen-bond acceptors (Lipinski definition) is 6. The first-order valence-electron chi connectivity index (χ1n) is 19.8. The third-order valence-electron chi connectivity index (χ3n) is 13.0. The zero-order valence-electron chi connectivity index (χ0n) is 31.0. The van der Waals surface area contributed by atoms with E-state index in [0.29, 0.717) is 44.4 Å². The van der Waals surface area contributed by atoms with Crippen LogP contribution in [-0.4, -0.2) is 90.0 Å². The van der Waals surface area contributed by atoms with Gasteiger partial charge in [-0.15, -0.1) is 0 Å². The van der Waals surface area contributed by atoms with Crippen molar-refractivity contribution in [3.63, 3.8) is 0 Å². The molecule has 8 nitrogen and oxygen atoms in total. The molecule has 2 amide bonds. The van der Waals surface area contributed by atoms with Gasteiger partial charge in [-0.25, -0.2) is 0 Å². The Balaban J connectivity index is 0.905. The highest BCUT2D eigenvalue weighted by atomic mass is 16.2. The predicted octanol–water partition coefficient (Wildman–Crippen LogP) is 6.38. The van der Waals surface area contributed by atoms with Crippen LogP contribution in [0.25, 0.3) is 6.08 Å². The monoisotopic (exact) mass is 699 g/mol. The van der Waals surface area contributed by atoms with Gasteiger partial charge in [0, 0.05) is 69.6 Å². The fraction of sp³-hybridized carbons (Fsp3) is 0.523. The number of Topliss-reactive ketones (excluding diaryl/α,β-unsaturated/α-hetero) is 1. The number of likely N-dealkylation sites (tertiary alicyclic amines) is 3. The second-order valence-electron chi connectivity index (χ2n) is 16.1. The minimum absolute atomic E-state index is 0.0568. The second-order valence-corrected chi connectivity index (χ2v) is 16.1.